The Balaban J connectivity index is 1.53. The van der Waals surface area contributed by atoms with Crippen molar-refractivity contribution < 1.29 is 31.9 Å². The van der Waals surface area contributed by atoms with Gasteiger partial charge in [0.15, 0.2) is 12.4 Å². The van der Waals surface area contributed by atoms with E-state index in [0.29, 0.717) is 18.7 Å². The van der Waals surface area contributed by atoms with Crippen LogP contribution in [-0.2, 0) is 26.2 Å². The number of anilines is 1. The summed E-state index contributed by atoms with van der Waals surface area (Å²) in [4.78, 5) is 26.9. The van der Waals surface area contributed by atoms with Gasteiger partial charge in [-0.3, -0.25) is 9.10 Å². The second-order valence-electron chi connectivity index (χ2n) is 10.2. The second-order valence-corrected chi connectivity index (χ2v) is 12.9. The van der Waals surface area contributed by atoms with Crippen molar-refractivity contribution in [1.29, 1.82) is 0 Å². The Morgan fingerprint density at radius 3 is 2.29 bits per heavy atom. The Labute approximate surface area is 269 Å². The van der Waals surface area contributed by atoms with Crippen LogP contribution >= 0.6 is 15.9 Å². The number of nitrogens with zero attached hydrogens (tertiary/aromatic N) is 2. The molecule has 1 aliphatic rings. The summed E-state index contributed by atoms with van der Waals surface area (Å²) in [6, 6.07) is 25.0. The topological polar surface area (TPSA) is 93.2 Å². The van der Waals surface area contributed by atoms with Crippen LogP contribution in [0.25, 0.3) is 11.1 Å². The van der Waals surface area contributed by atoms with Crippen LogP contribution in [0.15, 0.2) is 113 Å². The molecule has 45 heavy (non-hydrogen) atoms. The average molecular weight is 694 g/mol. The molecule has 0 radical (unpaired) electrons. The van der Waals surface area contributed by atoms with Crippen molar-refractivity contribution in [2.24, 2.45) is 0 Å². The van der Waals surface area contributed by atoms with E-state index in [1.54, 1.807) is 23.1 Å². The van der Waals surface area contributed by atoms with E-state index in [2.05, 4.69) is 22.5 Å². The van der Waals surface area contributed by atoms with Crippen molar-refractivity contribution in [2.75, 3.05) is 30.5 Å². The quantitative estimate of drug-likeness (QED) is 0.123. The van der Waals surface area contributed by atoms with Crippen LogP contribution < -0.4 is 9.04 Å². The molecule has 0 aromatic heterocycles. The first-order valence-electron chi connectivity index (χ1n) is 14.1. The first-order valence-corrected chi connectivity index (χ1v) is 16.4. The number of benzene rings is 4. The number of hydrogen-bond donors (Lipinski definition) is 0. The Bertz CT molecular complexity index is 1820. The van der Waals surface area contributed by atoms with Crippen molar-refractivity contribution in [2.45, 2.75) is 17.9 Å². The lowest BCUT2D eigenvalue weighted by molar-refractivity contribution is -0.147. The van der Waals surface area contributed by atoms with E-state index in [1.807, 2.05) is 48.5 Å². The zero-order chi connectivity index (χ0) is 32.0. The fraction of sp³-hybridized carbons (Fsp3) is 0.176. The number of carbonyl (C=O) groups excluding carboxylic acids is 2. The number of halogens is 2. The highest BCUT2D eigenvalue weighted by Gasteiger charge is 2.33. The molecule has 8 nitrogen and oxygen atoms in total. The minimum absolute atomic E-state index is 0.00276. The maximum atomic E-state index is 15.4. The second kappa shape index (κ2) is 14.1. The summed E-state index contributed by atoms with van der Waals surface area (Å²) in [5.74, 6) is -2.10. The van der Waals surface area contributed by atoms with E-state index in [-0.39, 0.29) is 40.5 Å². The van der Waals surface area contributed by atoms with Crippen LogP contribution in [0, 0.1) is 5.82 Å². The van der Waals surface area contributed by atoms with Crippen LogP contribution in [0.3, 0.4) is 0 Å². The summed E-state index contributed by atoms with van der Waals surface area (Å²) < 4.78 is 56.4. The third kappa shape index (κ3) is 7.26. The lowest BCUT2D eigenvalue weighted by Gasteiger charge is -2.31. The van der Waals surface area contributed by atoms with E-state index in [9.17, 15) is 18.0 Å². The Morgan fingerprint density at radius 1 is 0.956 bits per heavy atom. The van der Waals surface area contributed by atoms with Gasteiger partial charge in [-0.05, 0) is 63.3 Å². The molecule has 0 saturated carbocycles. The molecule has 1 amide bonds. The monoisotopic (exact) mass is 692 g/mol. The number of amides is 1. The van der Waals surface area contributed by atoms with Gasteiger partial charge in [-0.2, -0.15) is 0 Å². The highest BCUT2D eigenvalue weighted by Crippen LogP contribution is 2.39. The van der Waals surface area contributed by atoms with E-state index >= 15 is 4.39 Å². The highest BCUT2D eigenvalue weighted by atomic mass is 79.9. The molecule has 0 unspecified atom stereocenters. The molecular formula is C34H30BrFN2O6S. The molecule has 0 atom stereocenters. The molecule has 0 aliphatic carbocycles. The molecule has 232 valence electrons. The summed E-state index contributed by atoms with van der Waals surface area (Å²) in [5, 5.41) is 0. The van der Waals surface area contributed by atoms with Crippen LogP contribution in [-0.4, -0.2) is 51.4 Å². The van der Waals surface area contributed by atoms with Gasteiger partial charge < -0.3 is 14.4 Å². The van der Waals surface area contributed by atoms with Crippen molar-refractivity contribution in [3.05, 3.63) is 125 Å². The first-order chi connectivity index (χ1) is 21.7. The molecular weight excluding hydrogens is 663 g/mol. The summed E-state index contributed by atoms with van der Waals surface area (Å²) in [7, 11) is -4.62. The summed E-state index contributed by atoms with van der Waals surface area (Å²) in [6.45, 7) is 3.87. The zero-order valence-electron chi connectivity index (χ0n) is 24.2. The van der Waals surface area contributed by atoms with Crippen molar-refractivity contribution in [3.8, 4) is 16.9 Å². The third-order valence-electron chi connectivity index (χ3n) is 7.16. The summed E-state index contributed by atoms with van der Waals surface area (Å²) in [5.41, 5.74) is 2.00. The first kappa shape index (κ1) is 31.9. The van der Waals surface area contributed by atoms with Gasteiger partial charge in [0.2, 0.25) is 0 Å². The van der Waals surface area contributed by atoms with Gasteiger partial charge in [0.25, 0.3) is 15.9 Å². The molecule has 4 aromatic carbocycles. The molecule has 1 heterocycles. The number of hydrogen-bond acceptors (Lipinski definition) is 6. The molecule has 0 spiro atoms. The number of rotatable bonds is 12. The lowest BCUT2D eigenvalue weighted by atomic mass is 10.1. The zero-order valence-corrected chi connectivity index (χ0v) is 26.6. The SMILES string of the molecule is C=CCN(c1cc(-c2ccccc2)ccc1F)S(=O)(=O)c1cc(C(=O)N2CCC2)cc(Br)c1OCC(=O)OCc1ccccc1. The lowest BCUT2D eigenvalue weighted by Crippen LogP contribution is -2.42. The maximum Gasteiger partial charge on any atom is 0.344 e. The summed E-state index contributed by atoms with van der Waals surface area (Å²) in [6.07, 6.45) is 2.17. The standard InChI is InChI=1S/C34H30BrFN2O6S/c1-2-16-38(30-20-26(14-15-29(30)36)25-12-7-4-8-13-25)45(41,42)31-21-27(34(40)37-17-9-18-37)19-28(35)33(31)44-23-32(39)43-22-24-10-5-3-6-11-24/h2-8,10-15,19-21H,1,9,16-18,22-23H2. The van der Waals surface area contributed by atoms with Crippen LogP contribution in [0.2, 0.25) is 0 Å². The smallest absolute Gasteiger partial charge is 0.344 e. The van der Waals surface area contributed by atoms with E-state index in [4.69, 9.17) is 9.47 Å². The van der Waals surface area contributed by atoms with Crippen LogP contribution in [0.1, 0.15) is 22.3 Å². The predicted molar refractivity (Wildman–Crippen MR) is 173 cm³/mol. The predicted octanol–water partition coefficient (Wildman–Crippen LogP) is 6.60. The van der Waals surface area contributed by atoms with E-state index in [1.165, 1.54) is 30.3 Å². The molecule has 5 rings (SSSR count). The Hall–Kier alpha value is -4.48. The molecule has 1 saturated heterocycles. The normalized spacial score (nSPS) is 12.6. The number of sulfonamides is 1. The van der Waals surface area contributed by atoms with Gasteiger partial charge in [0.05, 0.1) is 16.7 Å². The Kier molecular flexibility index (Phi) is 9.99. The van der Waals surface area contributed by atoms with Gasteiger partial charge in [-0.25, -0.2) is 17.6 Å². The largest absolute Gasteiger partial charge is 0.479 e. The number of esters is 1. The summed E-state index contributed by atoms with van der Waals surface area (Å²) >= 11 is 3.35. The minimum Gasteiger partial charge on any atom is -0.479 e. The number of likely N-dealkylation sites (tertiary alicyclic amines) is 1. The molecule has 1 aliphatic heterocycles. The molecule has 0 bridgehead atoms. The Morgan fingerprint density at radius 2 is 1.64 bits per heavy atom. The number of ether oxygens (including phenoxy) is 2. The third-order valence-corrected chi connectivity index (χ3v) is 9.54. The van der Waals surface area contributed by atoms with Crippen molar-refractivity contribution in [1.82, 2.24) is 4.90 Å². The van der Waals surface area contributed by atoms with Gasteiger partial charge in [0.1, 0.15) is 17.3 Å². The van der Waals surface area contributed by atoms with Gasteiger partial charge >= 0.3 is 5.97 Å². The van der Waals surface area contributed by atoms with Crippen LogP contribution in [0.5, 0.6) is 5.75 Å². The van der Waals surface area contributed by atoms with Crippen LogP contribution in [0.4, 0.5) is 10.1 Å². The van der Waals surface area contributed by atoms with Gasteiger partial charge in [-0.1, -0.05) is 72.8 Å². The van der Waals surface area contributed by atoms with Gasteiger partial charge in [-0.15, -0.1) is 6.58 Å². The molecule has 1 fully saturated rings. The fourth-order valence-electron chi connectivity index (χ4n) is 4.71. The molecule has 0 N–H and O–H groups in total. The fourth-order valence-corrected chi connectivity index (χ4v) is 7.03. The van der Waals surface area contributed by atoms with Crippen molar-refractivity contribution in [3.63, 3.8) is 0 Å². The van der Waals surface area contributed by atoms with E-state index in [0.717, 1.165) is 21.9 Å². The minimum atomic E-state index is -4.62. The average Bonchev–Trinajstić information content (AvgIpc) is 3.02. The highest BCUT2D eigenvalue weighted by molar-refractivity contribution is 9.10. The number of carbonyl (C=O) groups is 2. The maximum absolute atomic E-state index is 15.4. The van der Waals surface area contributed by atoms with E-state index < -0.39 is 33.3 Å². The van der Waals surface area contributed by atoms with Gasteiger partial charge in [0, 0.05) is 18.7 Å². The van der Waals surface area contributed by atoms with Crippen molar-refractivity contribution >= 4 is 43.5 Å². The molecule has 11 heteroatoms. The molecule has 4 aromatic rings.